The first-order valence-electron chi connectivity index (χ1n) is 5.67. The summed E-state index contributed by atoms with van der Waals surface area (Å²) in [6.07, 6.45) is 1.35. The highest BCUT2D eigenvalue weighted by Crippen LogP contribution is 2.40. The molecule has 0 N–H and O–H groups in total. The first-order chi connectivity index (χ1) is 8.52. The van der Waals surface area contributed by atoms with Crippen LogP contribution in [0.1, 0.15) is 18.1 Å². The summed E-state index contributed by atoms with van der Waals surface area (Å²) in [6.45, 7) is 2.46. The Labute approximate surface area is 109 Å². The van der Waals surface area contributed by atoms with Crippen molar-refractivity contribution in [3.63, 3.8) is 0 Å². The number of halogens is 1. The highest BCUT2D eigenvalue weighted by Gasteiger charge is 2.27. The van der Waals surface area contributed by atoms with Gasteiger partial charge in [-0.25, -0.2) is 8.42 Å². The van der Waals surface area contributed by atoms with Crippen LogP contribution in [-0.4, -0.2) is 15.0 Å². The van der Waals surface area contributed by atoms with Crippen LogP contribution < -0.4 is 4.74 Å². The van der Waals surface area contributed by atoms with Crippen LogP contribution in [0.3, 0.4) is 0 Å². The van der Waals surface area contributed by atoms with Crippen LogP contribution in [0, 0.1) is 0 Å². The van der Waals surface area contributed by atoms with Crippen LogP contribution in [0.15, 0.2) is 21.6 Å². The van der Waals surface area contributed by atoms with Gasteiger partial charge in [0, 0.05) is 33.6 Å². The van der Waals surface area contributed by atoms with Gasteiger partial charge in [-0.1, -0.05) is 19.1 Å². The molecule has 0 unspecified atom stereocenters. The normalized spacial score (nSPS) is 14.8. The van der Waals surface area contributed by atoms with E-state index in [9.17, 15) is 8.42 Å². The second-order valence-electron chi connectivity index (χ2n) is 4.19. The zero-order chi connectivity index (χ0) is 12.9. The van der Waals surface area contributed by atoms with Gasteiger partial charge in [0.25, 0.3) is 9.05 Å². The lowest BCUT2D eigenvalue weighted by atomic mass is 10.1. The van der Waals surface area contributed by atoms with Gasteiger partial charge < -0.3 is 9.15 Å². The number of hydrogen-bond acceptors (Lipinski definition) is 4. The Balaban J connectivity index is 2.41. The number of furan rings is 1. The summed E-state index contributed by atoms with van der Waals surface area (Å²) in [5.74, 6) is 0.647. The van der Waals surface area contributed by atoms with Gasteiger partial charge in [0.2, 0.25) is 5.09 Å². The standard InChI is InChI=1S/C12H11ClO4S/c1-2-8-9-4-3-7-5-6-16-10(7)11(9)17-12(8)18(13,14)15/h3-4H,2,5-6H2,1H3. The molecule has 2 heterocycles. The van der Waals surface area contributed by atoms with Crippen molar-refractivity contribution in [1.82, 2.24) is 0 Å². The van der Waals surface area contributed by atoms with Gasteiger partial charge in [-0.3, -0.25) is 0 Å². The summed E-state index contributed by atoms with van der Waals surface area (Å²) in [7, 11) is 1.53. The van der Waals surface area contributed by atoms with Gasteiger partial charge in [-0.05, 0) is 6.42 Å². The topological polar surface area (TPSA) is 56.5 Å². The van der Waals surface area contributed by atoms with Gasteiger partial charge in [-0.15, -0.1) is 0 Å². The van der Waals surface area contributed by atoms with Crippen LogP contribution in [0.4, 0.5) is 0 Å². The molecule has 0 atom stereocenters. The van der Waals surface area contributed by atoms with Crippen molar-refractivity contribution in [2.24, 2.45) is 0 Å². The van der Waals surface area contributed by atoms with Gasteiger partial charge in [0.05, 0.1) is 6.61 Å². The number of ether oxygens (including phenoxy) is 1. The van der Waals surface area contributed by atoms with Crippen molar-refractivity contribution in [2.75, 3.05) is 6.61 Å². The quantitative estimate of drug-likeness (QED) is 0.797. The fraction of sp³-hybridized carbons (Fsp3) is 0.333. The molecule has 0 saturated carbocycles. The Morgan fingerprint density at radius 2 is 2.17 bits per heavy atom. The average molecular weight is 287 g/mol. The molecule has 2 aromatic rings. The predicted octanol–water partition coefficient (Wildman–Crippen LogP) is 2.86. The molecule has 1 aliphatic rings. The molecule has 0 aliphatic carbocycles. The van der Waals surface area contributed by atoms with Crippen molar-refractivity contribution in [3.05, 3.63) is 23.3 Å². The minimum Gasteiger partial charge on any atom is -0.489 e. The summed E-state index contributed by atoms with van der Waals surface area (Å²) in [5.41, 5.74) is 2.14. The molecule has 0 bridgehead atoms. The molecule has 3 rings (SSSR count). The Morgan fingerprint density at radius 3 is 2.83 bits per heavy atom. The number of aryl methyl sites for hydroxylation is 1. The Kier molecular flexibility index (Phi) is 2.57. The third-order valence-corrected chi connectivity index (χ3v) is 4.35. The van der Waals surface area contributed by atoms with E-state index in [4.69, 9.17) is 19.8 Å². The second-order valence-corrected chi connectivity index (χ2v) is 6.65. The Morgan fingerprint density at radius 1 is 1.39 bits per heavy atom. The average Bonchev–Trinajstić information content (AvgIpc) is 2.90. The number of benzene rings is 1. The molecular weight excluding hydrogens is 276 g/mol. The number of hydrogen-bond donors (Lipinski definition) is 0. The lowest BCUT2D eigenvalue weighted by molar-refractivity contribution is 0.351. The highest BCUT2D eigenvalue weighted by atomic mass is 35.7. The minimum atomic E-state index is -3.87. The maximum Gasteiger partial charge on any atom is 0.294 e. The van der Waals surface area contributed by atoms with E-state index < -0.39 is 9.05 Å². The lowest BCUT2D eigenvalue weighted by Gasteiger charge is -1.99. The van der Waals surface area contributed by atoms with Crippen LogP contribution in [0.25, 0.3) is 11.0 Å². The first kappa shape index (κ1) is 11.9. The molecule has 18 heavy (non-hydrogen) atoms. The van der Waals surface area contributed by atoms with E-state index in [0.29, 0.717) is 29.9 Å². The Hall–Kier alpha value is -1.20. The molecule has 1 aromatic heterocycles. The van der Waals surface area contributed by atoms with E-state index >= 15 is 0 Å². The summed E-state index contributed by atoms with van der Waals surface area (Å²) < 4.78 is 34.0. The van der Waals surface area contributed by atoms with Crippen molar-refractivity contribution < 1.29 is 17.6 Å². The molecule has 1 aliphatic heterocycles. The minimum absolute atomic E-state index is 0.162. The summed E-state index contributed by atoms with van der Waals surface area (Å²) in [5, 5.41) is 0.600. The van der Waals surface area contributed by atoms with E-state index in [2.05, 4.69) is 0 Å². The molecule has 0 fully saturated rings. The van der Waals surface area contributed by atoms with Gasteiger partial charge in [0.15, 0.2) is 11.3 Å². The summed E-state index contributed by atoms with van der Waals surface area (Å²) in [6, 6.07) is 3.82. The molecule has 96 valence electrons. The Bertz CT molecular complexity index is 730. The van der Waals surface area contributed by atoms with E-state index in [1.807, 2.05) is 19.1 Å². The fourth-order valence-corrected chi connectivity index (χ4v) is 3.46. The van der Waals surface area contributed by atoms with Gasteiger partial charge in [-0.2, -0.15) is 0 Å². The molecule has 6 heteroatoms. The van der Waals surface area contributed by atoms with Crippen molar-refractivity contribution in [3.8, 4) is 5.75 Å². The van der Waals surface area contributed by atoms with Crippen LogP contribution in [0.2, 0.25) is 0 Å². The van der Waals surface area contributed by atoms with E-state index in [1.54, 1.807) is 0 Å². The van der Waals surface area contributed by atoms with Crippen LogP contribution in [-0.2, 0) is 21.9 Å². The zero-order valence-corrected chi connectivity index (χ0v) is 11.3. The molecular formula is C12H11ClO4S. The fourth-order valence-electron chi connectivity index (χ4n) is 2.36. The van der Waals surface area contributed by atoms with E-state index in [1.165, 1.54) is 0 Å². The molecule has 4 nitrogen and oxygen atoms in total. The SMILES string of the molecule is CCc1c(S(=O)(=O)Cl)oc2c3c(ccc12)CCO3. The maximum atomic E-state index is 11.5. The summed E-state index contributed by atoms with van der Waals surface area (Å²) in [4.78, 5) is 0. The largest absolute Gasteiger partial charge is 0.489 e. The van der Waals surface area contributed by atoms with Crippen molar-refractivity contribution >= 4 is 30.7 Å². The number of rotatable bonds is 2. The maximum absolute atomic E-state index is 11.5. The highest BCUT2D eigenvalue weighted by molar-refractivity contribution is 8.13. The van der Waals surface area contributed by atoms with Crippen LogP contribution in [0.5, 0.6) is 5.75 Å². The van der Waals surface area contributed by atoms with Crippen LogP contribution >= 0.6 is 10.7 Å². The molecule has 0 radical (unpaired) electrons. The molecule has 1 aromatic carbocycles. The second kappa shape index (κ2) is 3.90. The van der Waals surface area contributed by atoms with Gasteiger partial charge >= 0.3 is 0 Å². The molecule has 0 saturated heterocycles. The predicted molar refractivity (Wildman–Crippen MR) is 67.8 cm³/mol. The third kappa shape index (κ3) is 1.61. The van der Waals surface area contributed by atoms with E-state index in [0.717, 1.165) is 17.4 Å². The van der Waals surface area contributed by atoms with Gasteiger partial charge in [0.1, 0.15) is 0 Å². The van der Waals surface area contributed by atoms with Crippen molar-refractivity contribution in [1.29, 1.82) is 0 Å². The lowest BCUT2D eigenvalue weighted by Crippen LogP contribution is -1.92. The van der Waals surface area contributed by atoms with E-state index in [-0.39, 0.29) is 5.09 Å². The monoisotopic (exact) mass is 286 g/mol. The summed E-state index contributed by atoms with van der Waals surface area (Å²) >= 11 is 0. The molecule has 0 spiro atoms. The first-order valence-corrected chi connectivity index (χ1v) is 7.98. The third-order valence-electron chi connectivity index (χ3n) is 3.15. The number of fused-ring (bicyclic) bond motifs is 3. The molecule has 0 amide bonds. The van der Waals surface area contributed by atoms with Crippen molar-refractivity contribution in [2.45, 2.75) is 24.9 Å². The zero-order valence-electron chi connectivity index (χ0n) is 9.70. The smallest absolute Gasteiger partial charge is 0.294 e.